The highest BCUT2D eigenvalue weighted by Crippen LogP contribution is 2.33. The van der Waals surface area contributed by atoms with Crippen LogP contribution in [0.25, 0.3) is 0 Å². The highest BCUT2D eigenvalue weighted by molar-refractivity contribution is 7.99. The molecule has 20 heavy (non-hydrogen) atoms. The molecule has 1 fully saturated rings. The fourth-order valence-corrected chi connectivity index (χ4v) is 4.83. The van der Waals surface area contributed by atoms with Gasteiger partial charge in [0, 0.05) is 24.3 Å². The lowest BCUT2D eigenvalue weighted by Gasteiger charge is -2.23. The van der Waals surface area contributed by atoms with Crippen molar-refractivity contribution in [2.24, 2.45) is 0 Å². The Balaban J connectivity index is 1.74. The average Bonchev–Trinajstić information content (AvgIpc) is 2.66. The van der Waals surface area contributed by atoms with E-state index >= 15 is 0 Å². The molecule has 0 saturated heterocycles. The molecule has 0 spiro atoms. The molecule has 1 aromatic heterocycles. The Morgan fingerprint density at radius 2 is 1.90 bits per heavy atom. The normalized spacial score (nSPS) is 27.6. The van der Waals surface area contributed by atoms with Crippen molar-refractivity contribution in [1.82, 2.24) is 20.1 Å². The Hall–Kier alpha value is -0.550. The Morgan fingerprint density at radius 1 is 1.05 bits per heavy atom. The molecule has 1 aromatic rings. The van der Waals surface area contributed by atoms with Gasteiger partial charge in [0.25, 0.3) is 0 Å². The lowest BCUT2D eigenvalue weighted by Crippen LogP contribution is -2.34. The molecule has 1 saturated carbocycles. The van der Waals surface area contributed by atoms with Crippen molar-refractivity contribution in [2.75, 3.05) is 7.05 Å². The van der Waals surface area contributed by atoms with Crippen LogP contribution in [0.2, 0.25) is 0 Å². The fourth-order valence-electron chi connectivity index (χ4n) is 3.43. The number of rotatable bonds is 3. The summed E-state index contributed by atoms with van der Waals surface area (Å²) in [6.45, 7) is 1.11. The SMILES string of the molecule is CNC1CCCCCC1Sc1nnc2n1CCCCC2. The number of hydrogen-bond donors (Lipinski definition) is 1. The van der Waals surface area contributed by atoms with Crippen molar-refractivity contribution in [2.45, 2.75) is 80.8 Å². The molecule has 4 nitrogen and oxygen atoms in total. The highest BCUT2D eigenvalue weighted by Gasteiger charge is 2.26. The number of hydrogen-bond acceptors (Lipinski definition) is 4. The van der Waals surface area contributed by atoms with Crippen LogP contribution in [-0.4, -0.2) is 33.1 Å². The van der Waals surface area contributed by atoms with Crippen LogP contribution in [-0.2, 0) is 13.0 Å². The second-order valence-corrected chi connectivity index (χ2v) is 7.26. The van der Waals surface area contributed by atoms with Gasteiger partial charge >= 0.3 is 0 Å². The third kappa shape index (κ3) is 3.19. The number of fused-ring (bicyclic) bond motifs is 1. The van der Waals surface area contributed by atoms with Crippen LogP contribution >= 0.6 is 11.8 Å². The van der Waals surface area contributed by atoms with Gasteiger partial charge in [-0.2, -0.15) is 0 Å². The van der Waals surface area contributed by atoms with E-state index in [2.05, 4.69) is 27.1 Å². The minimum Gasteiger partial charge on any atom is -0.316 e. The molecule has 1 aliphatic carbocycles. The lowest BCUT2D eigenvalue weighted by atomic mass is 10.1. The zero-order chi connectivity index (χ0) is 13.8. The molecule has 0 radical (unpaired) electrons. The lowest BCUT2D eigenvalue weighted by molar-refractivity contribution is 0.507. The van der Waals surface area contributed by atoms with Gasteiger partial charge in [-0.25, -0.2) is 0 Å². The predicted octanol–water partition coefficient (Wildman–Crippen LogP) is 3.02. The molecule has 2 atom stereocenters. The summed E-state index contributed by atoms with van der Waals surface area (Å²) in [6, 6.07) is 0.626. The maximum atomic E-state index is 4.48. The first-order valence-electron chi connectivity index (χ1n) is 8.14. The van der Waals surface area contributed by atoms with Gasteiger partial charge in [0.1, 0.15) is 5.82 Å². The van der Waals surface area contributed by atoms with E-state index in [9.17, 15) is 0 Å². The number of aryl methyl sites for hydroxylation is 1. The number of nitrogens with zero attached hydrogens (tertiary/aromatic N) is 3. The monoisotopic (exact) mass is 294 g/mol. The van der Waals surface area contributed by atoms with Crippen LogP contribution < -0.4 is 5.32 Å². The van der Waals surface area contributed by atoms with Crippen molar-refractivity contribution in [1.29, 1.82) is 0 Å². The maximum Gasteiger partial charge on any atom is 0.191 e. The second-order valence-electron chi connectivity index (χ2n) is 6.05. The molecular formula is C15H26N4S. The van der Waals surface area contributed by atoms with Crippen molar-refractivity contribution >= 4 is 11.8 Å². The molecule has 112 valence electrons. The van der Waals surface area contributed by atoms with Crippen molar-refractivity contribution in [3.05, 3.63) is 5.82 Å². The molecule has 3 rings (SSSR count). The molecule has 0 aromatic carbocycles. The molecule has 0 amide bonds. The molecule has 2 unspecified atom stereocenters. The Bertz CT molecular complexity index is 432. The minimum absolute atomic E-state index is 0.626. The predicted molar refractivity (Wildman–Crippen MR) is 83.2 cm³/mol. The average molecular weight is 294 g/mol. The topological polar surface area (TPSA) is 42.7 Å². The van der Waals surface area contributed by atoms with E-state index < -0.39 is 0 Å². The van der Waals surface area contributed by atoms with Crippen LogP contribution in [0.1, 0.15) is 57.2 Å². The number of thioether (sulfide) groups is 1. The molecule has 0 bridgehead atoms. The molecule has 1 N–H and O–H groups in total. The number of nitrogens with one attached hydrogen (secondary N) is 1. The Kier molecular flexibility index (Phi) is 4.99. The fraction of sp³-hybridized carbons (Fsp3) is 0.867. The Labute approximate surface area is 126 Å². The van der Waals surface area contributed by atoms with E-state index in [0.29, 0.717) is 11.3 Å². The van der Waals surface area contributed by atoms with E-state index in [0.717, 1.165) is 18.1 Å². The first kappa shape index (κ1) is 14.4. The first-order chi connectivity index (χ1) is 9.88. The zero-order valence-corrected chi connectivity index (χ0v) is 13.3. The van der Waals surface area contributed by atoms with Gasteiger partial charge in [0.2, 0.25) is 0 Å². The Morgan fingerprint density at radius 3 is 2.80 bits per heavy atom. The number of aromatic nitrogens is 3. The smallest absolute Gasteiger partial charge is 0.191 e. The van der Waals surface area contributed by atoms with E-state index in [1.807, 2.05) is 11.8 Å². The summed E-state index contributed by atoms with van der Waals surface area (Å²) < 4.78 is 2.38. The van der Waals surface area contributed by atoms with Crippen LogP contribution in [0.5, 0.6) is 0 Å². The summed E-state index contributed by atoms with van der Waals surface area (Å²) in [6.07, 6.45) is 11.7. The summed E-state index contributed by atoms with van der Waals surface area (Å²) in [4.78, 5) is 0. The van der Waals surface area contributed by atoms with Gasteiger partial charge in [0.05, 0.1) is 0 Å². The third-order valence-corrected chi connectivity index (χ3v) is 6.04. The molecule has 2 aliphatic rings. The van der Waals surface area contributed by atoms with Crippen LogP contribution in [0.4, 0.5) is 0 Å². The van der Waals surface area contributed by atoms with Gasteiger partial charge < -0.3 is 9.88 Å². The summed E-state index contributed by atoms with van der Waals surface area (Å²) in [5.74, 6) is 1.21. The standard InChI is InChI=1S/C15H26N4S/c1-16-12-8-4-2-5-9-13(12)20-15-18-17-14-10-6-3-7-11-19(14)15/h12-13,16H,2-11H2,1H3. The largest absolute Gasteiger partial charge is 0.316 e. The van der Waals surface area contributed by atoms with E-state index in [1.54, 1.807) is 0 Å². The highest BCUT2D eigenvalue weighted by atomic mass is 32.2. The van der Waals surface area contributed by atoms with E-state index in [1.165, 1.54) is 57.2 Å². The zero-order valence-electron chi connectivity index (χ0n) is 12.5. The van der Waals surface area contributed by atoms with Gasteiger partial charge in [-0.3, -0.25) is 0 Å². The van der Waals surface area contributed by atoms with Crippen molar-refractivity contribution in [3.63, 3.8) is 0 Å². The van der Waals surface area contributed by atoms with Crippen molar-refractivity contribution in [3.8, 4) is 0 Å². The molecule has 2 heterocycles. The summed E-state index contributed by atoms with van der Waals surface area (Å²) in [5, 5.41) is 14.2. The quantitative estimate of drug-likeness (QED) is 0.870. The summed E-state index contributed by atoms with van der Waals surface area (Å²) in [5.41, 5.74) is 0. The van der Waals surface area contributed by atoms with Crippen LogP contribution in [0.3, 0.4) is 0 Å². The maximum absolute atomic E-state index is 4.48. The molecule has 1 aliphatic heterocycles. The second kappa shape index (κ2) is 6.94. The molecule has 5 heteroatoms. The van der Waals surface area contributed by atoms with Crippen LogP contribution in [0.15, 0.2) is 5.16 Å². The minimum atomic E-state index is 0.626. The van der Waals surface area contributed by atoms with Gasteiger partial charge in [-0.05, 0) is 32.7 Å². The van der Waals surface area contributed by atoms with Crippen molar-refractivity contribution < 1.29 is 0 Å². The van der Waals surface area contributed by atoms with Crippen LogP contribution in [0, 0.1) is 0 Å². The summed E-state index contributed by atoms with van der Waals surface area (Å²) >= 11 is 1.97. The van der Waals surface area contributed by atoms with E-state index in [4.69, 9.17) is 0 Å². The van der Waals surface area contributed by atoms with Gasteiger partial charge in [-0.15, -0.1) is 10.2 Å². The van der Waals surface area contributed by atoms with Gasteiger partial charge in [0.15, 0.2) is 5.16 Å². The van der Waals surface area contributed by atoms with E-state index in [-0.39, 0.29) is 0 Å². The first-order valence-corrected chi connectivity index (χ1v) is 9.02. The summed E-state index contributed by atoms with van der Waals surface area (Å²) in [7, 11) is 2.11. The molecular weight excluding hydrogens is 268 g/mol. The van der Waals surface area contributed by atoms with Gasteiger partial charge in [-0.1, -0.05) is 37.4 Å². The third-order valence-electron chi connectivity index (χ3n) is 4.66.